The second-order valence-electron chi connectivity index (χ2n) is 4.56. The maximum atomic E-state index is 12.2. The quantitative estimate of drug-likeness (QED) is 0.761. The second-order valence-corrected chi connectivity index (χ2v) is 5.00. The van der Waals surface area contributed by atoms with Gasteiger partial charge in [0.1, 0.15) is 5.56 Å². The van der Waals surface area contributed by atoms with Gasteiger partial charge in [0.05, 0.1) is 0 Å². The lowest BCUT2D eigenvalue weighted by Gasteiger charge is -2.06. The van der Waals surface area contributed by atoms with Crippen LogP contribution in [0.2, 0.25) is 5.02 Å². The summed E-state index contributed by atoms with van der Waals surface area (Å²) in [4.78, 5) is 26.9. The number of H-pyrrole nitrogens is 1. The molecule has 0 unspecified atom stereocenters. The van der Waals surface area contributed by atoms with Crippen molar-refractivity contribution in [1.29, 1.82) is 0 Å². The van der Waals surface area contributed by atoms with Gasteiger partial charge in [-0.15, -0.1) is 0 Å². The average Bonchev–Trinajstić information content (AvgIpc) is 2.46. The van der Waals surface area contributed by atoms with Crippen LogP contribution >= 0.6 is 11.6 Å². The molecule has 2 N–H and O–H groups in total. The molecule has 0 aliphatic rings. The molecule has 0 fully saturated rings. The van der Waals surface area contributed by atoms with E-state index >= 15 is 0 Å². The summed E-state index contributed by atoms with van der Waals surface area (Å²) in [6.07, 6.45) is 0. The first-order chi connectivity index (χ1) is 10.1. The zero-order valence-electron chi connectivity index (χ0n) is 10.9. The Bertz CT molecular complexity index is 887. The van der Waals surface area contributed by atoms with Crippen molar-refractivity contribution in [2.45, 2.75) is 0 Å². The maximum absolute atomic E-state index is 12.2. The maximum Gasteiger partial charge on any atom is 0.261 e. The number of para-hydroxylation sites is 1. The molecule has 0 saturated carbocycles. The minimum absolute atomic E-state index is 0.0636. The molecule has 0 aliphatic heterocycles. The van der Waals surface area contributed by atoms with Gasteiger partial charge in [-0.05, 0) is 35.7 Å². The fourth-order valence-corrected chi connectivity index (χ4v) is 2.27. The number of fused-ring (bicyclic) bond motifs is 1. The number of benzene rings is 2. The smallest absolute Gasteiger partial charge is 0.261 e. The molecule has 4 nitrogen and oxygen atoms in total. The molecule has 1 amide bonds. The van der Waals surface area contributed by atoms with E-state index in [0.717, 1.165) is 5.39 Å². The molecule has 1 heterocycles. The number of amides is 1. The molecular formula is C16H11ClN2O2. The lowest BCUT2D eigenvalue weighted by Crippen LogP contribution is -2.22. The summed E-state index contributed by atoms with van der Waals surface area (Å²) >= 11 is 5.86. The van der Waals surface area contributed by atoms with E-state index in [2.05, 4.69) is 10.3 Å². The molecule has 104 valence electrons. The highest BCUT2D eigenvalue weighted by Gasteiger charge is 2.12. The van der Waals surface area contributed by atoms with Crippen LogP contribution in [0.1, 0.15) is 10.4 Å². The number of aromatic amines is 1. The van der Waals surface area contributed by atoms with Crippen LogP contribution in [0, 0.1) is 0 Å². The van der Waals surface area contributed by atoms with Gasteiger partial charge in [0.15, 0.2) is 0 Å². The van der Waals surface area contributed by atoms with Crippen LogP contribution in [0.4, 0.5) is 5.69 Å². The Hall–Kier alpha value is -2.59. The van der Waals surface area contributed by atoms with Crippen molar-refractivity contribution >= 4 is 34.1 Å². The van der Waals surface area contributed by atoms with Crippen molar-refractivity contribution < 1.29 is 4.79 Å². The standard InChI is InChI=1S/C16H11ClN2O2/c17-11-5-3-6-12(9-11)18-15(20)13-8-10-4-1-2-7-14(10)19-16(13)21/h1-9H,(H,18,20)(H,19,21). The Labute approximate surface area is 125 Å². The van der Waals surface area contributed by atoms with E-state index in [4.69, 9.17) is 11.6 Å². The third kappa shape index (κ3) is 2.80. The van der Waals surface area contributed by atoms with Gasteiger partial charge in [-0.2, -0.15) is 0 Å². The number of nitrogens with one attached hydrogen (secondary N) is 2. The van der Waals surface area contributed by atoms with Gasteiger partial charge in [-0.1, -0.05) is 35.9 Å². The summed E-state index contributed by atoms with van der Waals surface area (Å²) in [6.45, 7) is 0. The first-order valence-electron chi connectivity index (χ1n) is 6.32. The van der Waals surface area contributed by atoms with E-state index in [1.807, 2.05) is 18.2 Å². The molecule has 0 bridgehead atoms. The third-order valence-corrected chi connectivity index (χ3v) is 3.32. The van der Waals surface area contributed by atoms with E-state index in [1.165, 1.54) is 0 Å². The molecular weight excluding hydrogens is 288 g/mol. The molecule has 0 aliphatic carbocycles. The second kappa shape index (κ2) is 5.42. The Kier molecular flexibility index (Phi) is 3.46. The molecule has 3 rings (SSSR count). The Morgan fingerprint density at radius 2 is 1.86 bits per heavy atom. The van der Waals surface area contributed by atoms with Crippen LogP contribution in [-0.2, 0) is 0 Å². The molecule has 0 saturated heterocycles. The van der Waals surface area contributed by atoms with Crippen LogP contribution in [0.25, 0.3) is 10.9 Å². The molecule has 0 radical (unpaired) electrons. The van der Waals surface area contributed by atoms with Crippen molar-refractivity contribution in [3.63, 3.8) is 0 Å². The van der Waals surface area contributed by atoms with Crippen molar-refractivity contribution in [2.24, 2.45) is 0 Å². The Morgan fingerprint density at radius 1 is 1.05 bits per heavy atom. The fraction of sp³-hybridized carbons (Fsp3) is 0. The highest BCUT2D eigenvalue weighted by Crippen LogP contribution is 2.16. The van der Waals surface area contributed by atoms with Gasteiger partial charge in [-0.3, -0.25) is 9.59 Å². The number of hydrogen-bond donors (Lipinski definition) is 2. The van der Waals surface area contributed by atoms with Crippen LogP contribution in [0.5, 0.6) is 0 Å². The zero-order chi connectivity index (χ0) is 14.8. The minimum atomic E-state index is -0.468. The van der Waals surface area contributed by atoms with Gasteiger partial charge in [0, 0.05) is 16.2 Å². The largest absolute Gasteiger partial charge is 0.322 e. The van der Waals surface area contributed by atoms with Gasteiger partial charge in [0.2, 0.25) is 0 Å². The third-order valence-electron chi connectivity index (χ3n) is 3.08. The number of anilines is 1. The Morgan fingerprint density at radius 3 is 2.67 bits per heavy atom. The van der Waals surface area contributed by atoms with Crippen LogP contribution in [0.15, 0.2) is 59.4 Å². The molecule has 5 heteroatoms. The Balaban J connectivity index is 1.98. The highest BCUT2D eigenvalue weighted by molar-refractivity contribution is 6.31. The minimum Gasteiger partial charge on any atom is -0.322 e. The predicted molar refractivity (Wildman–Crippen MR) is 84.0 cm³/mol. The molecule has 1 aromatic heterocycles. The predicted octanol–water partition coefficient (Wildman–Crippen LogP) is 3.43. The normalized spacial score (nSPS) is 10.5. The lowest BCUT2D eigenvalue weighted by molar-refractivity contribution is 0.102. The number of hydrogen-bond acceptors (Lipinski definition) is 2. The van der Waals surface area contributed by atoms with Gasteiger partial charge in [-0.25, -0.2) is 0 Å². The van der Waals surface area contributed by atoms with Crippen molar-refractivity contribution in [1.82, 2.24) is 4.98 Å². The first-order valence-corrected chi connectivity index (χ1v) is 6.70. The van der Waals surface area contributed by atoms with Crippen LogP contribution in [-0.4, -0.2) is 10.9 Å². The molecule has 0 atom stereocenters. The monoisotopic (exact) mass is 298 g/mol. The van der Waals surface area contributed by atoms with Crippen molar-refractivity contribution in [2.75, 3.05) is 5.32 Å². The molecule has 3 aromatic rings. The van der Waals surface area contributed by atoms with Gasteiger partial charge in [0.25, 0.3) is 11.5 Å². The van der Waals surface area contributed by atoms with Crippen molar-refractivity contribution in [3.8, 4) is 0 Å². The number of aromatic nitrogens is 1. The topological polar surface area (TPSA) is 62.0 Å². The van der Waals surface area contributed by atoms with Crippen molar-refractivity contribution in [3.05, 3.63) is 75.5 Å². The van der Waals surface area contributed by atoms with Gasteiger partial charge >= 0.3 is 0 Å². The summed E-state index contributed by atoms with van der Waals surface area (Å²) in [5, 5.41) is 3.97. The van der Waals surface area contributed by atoms with E-state index in [0.29, 0.717) is 16.2 Å². The number of rotatable bonds is 2. The summed E-state index contributed by atoms with van der Waals surface area (Å²) < 4.78 is 0. The SMILES string of the molecule is O=C(Nc1cccc(Cl)c1)c1cc2ccccc2[nH]c1=O. The number of carbonyl (C=O) groups excluding carboxylic acids is 1. The number of halogens is 1. The first kappa shape index (κ1) is 13.4. The summed E-state index contributed by atoms with van der Waals surface area (Å²) in [7, 11) is 0. The zero-order valence-corrected chi connectivity index (χ0v) is 11.6. The van der Waals surface area contributed by atoms with E-state index in [9.17, 15) is 9.59 Å². The van der Waals surface area contributed by atoms with E-state index in [1.54, 1.807) is 36.4 Å². The van der Waals surface area contributed by atoms with Crippen LogP contribution < -0.4 is 10.9 Å². The summed E-state index contributed by atoms with van der Waals surface area (Å²) in [5.74, 6) is -0.468. The lowest BCUT2D eigenvalue weighted by atomic mass is 10.1. The van der Waals surface area contributed by atoms with E-state index < -0.39 is 11.5 Å². The van der Waals surface area contributed by atoms with Gasteiger partial charge < -0.3 is 10.3 Å². The number of pyridine rings is 1. The van der Waals surface area contributed by atoms with E-state index in [-0.39, 0.29) is 5.56 Å². The number of carbonyl (C=O) groups is 1. The summed E-state index contributed by atoms with van der Waals surface area (Å²) in [5.41, 5.74) is 0.878. The molecule has 2 aromatic carbocycles. The molecule has 0 spiro atoms. The molecule has 21 heavy (non-hydrogen) atoms. The average molecular weight is 299 g/mol. The highest BCUT2D eigenvalue weighted by atomic mass is 35.5. The summed E-state index contributed by atoms with van der Waals surface area (Å²) in [6, 6.07) is 15.6. The van der Waals surface area contributed by atoms with Crippen LogP contribution in [0.3, 0.4) is 0 Å². The fourth-order valence-electron chi connectivity index (χ4n) is 2.08.